The van der Waals surface area contributed by atoms with Crippen LogP contribution in [-0.4, -0.2) is 24.5 Å². The first-order chi connectivity index (χ1) is 9.79. The van der Waals surface area contributed by atoms with Gasteiger partial charge in [0.1, 0.15) is 5.76 Å². The second-order valence-electron chi connectivity index (χ2n) is 5.24. The van der Waals surface area contributed by atoms with Crippen molar-refractivity contribution in [2.24, 2.45) is 0 Å². The molecule has 4 nitrogen and oxygen atoms in total. The van der Waals surface area contributed by atoms with Gasteiger partial charge >= 0.3 is 0 Å². The van der Waals surface area contributed by atoms with E-state index in [2.05, 4.69) is 11.9 Å². The van der Waals surface area contributed by atoms with Crippen LogP contribution in [0.4, 0.5) is 0 Å². The van der Waals surface area contributed by atoms with Crippen LogP contribution in [0.3, 0.4) is 0 Å². The largest absolute Gasteiger partial charge is 0.441 e. The fourth-order valence-corrected chi connectivity index (χ4v) is 2.16. The van der Waals surface area contributed by atoms with E-state index < -0.39 is 0 Å². The maximum atomic E-state index is 5.72. The summed E-state index contributed by atoms with van der Waals surface area (Å²) in [5, 5.41) is 0. The zero-order valence-corrected chi connectivity index (χ0v) is 12.6. The fourth-order valence-electron chi connectivity index (χ4n) is 2.16. The van der Waals surface area contributed by atoms with Crippen molar-refractivity contribution in [1.29, 1.82) is 0 Å². The number of ether oxygens (including phenoxy) is 2. The van der Waals surface area contributed by atoms with Crippen LogP contribution in [0.15, 0.2) is 16.7 Å². The van der Waals surface area contributed by atoms with Crippen LogP contribution in [-0.2, 0) is 15.9 Å². The van der Waals surface area contributed by atoms with Gasteiger partial charge in [-0.25, -0.2) is 4.98 Å². The molecular formula is C16H25NO3. The lowest BCUT2D eigenvalue weighted by Gasteiger charge is -2.22. The Morgan fingerprint density at radius 3 is 3.15 bits per heavy atom. The number of hydrogen-bond acceptors (Lipinski definition) is 4. The quantitative estimate of drug-likeness (QED) is 0.757. The van der Waals surface area contributed by atoms with Gasteiger partial charge in [-0.2, -0.15) is 0 Å². The maximum absolute atomic E-state index is 5.72. The van der Waals surface area contributed by atoms with E-state index in [9.17, 15) is 0 Å². The van der Waals surface area contributed by atoms with Crippen LogP contribution in [0.5, 0.6) is 0 Å². The third-order valence-corrected chi connectivity index (χ3v) is 3.50. The number of aryl methyl sites for hydroxylation is 1. The van der Waals surface area contributed by atoms with E-state index in [-0.39, 0.29) is 6.29 Å². The number of aromatic nitrogens is 1. The Bertz CT molecular complexity index is 419. The Hall–Kier alpha value is -1.13. The molecule has 1 aromatic heterocycles. The van der Waals surface area contributed by atoms with Gasteiger partial charge in [-0.1, -0.05) is 19.4 Å². The molecule has 0 radical (unpaired) electrons. The fraction of sp³-hybridized carbons (Fsp3) is 0.688. The molecule has 0 N–H and O–H groups in total. The first-order valence-corrected chi connectivity index (χ1v) is 7.64. The average Bonchev–Trinajstić information content (AvgIpc) is 2.95. The minimum Gasteiger partial charge on any atom is -0.441 e. The Kier molecular flexibility index (Phi) is 6.27. The summed E-state index contributed by atoms with van der Waals surface area (Å²) in [6.07, 6.45) is 10.3. The molecule has 0 aliphatic carbocycles. The zero-order valence-electron chi connectivity index (χ0n) is 12.6. The van der Waals surface area contributed by atoms with E-state index in [4.69, 9.17) is 13.9 Å². The number of unbranched alkanes of at least 4 members (excludes halogenated alkanes) is 1. The van der Waals surface area contributed by atoms with E-state index in [0.29, 0.717) is 6.61 Å². The number of nitrogens with zero attached hydrogens (tertiary/aromatic N) is 1. The van der Waals surface area contributed by atoms with Crippen LogP contribution in [0.2, 0.25) is 0 Å². The Labute approximate surface area is 121 Å². The highest BCUT2D eigenvalue weighted by atomic mass is 16.7. The Morgan fingerprint density at radius 2 is 2.40 bits per heavy atom. The van der Waals surface area contributed by atoms with E-state index in [0.717, 1.165) is 55.9 Å². The van der Waals surface area contributed by atoms with Crippen LogP contribution in [0, 0.1) is 0 Å². The lowest BCUT2D eigenvalue weighted by atomic mass is 10.2. The molecule has 2 rings (SSSR count). The van der Waals surface area contributed by atoms with Crippen molar-refractivity contribution in [3.8, 4) is 0 Å². The first-order valence-electron chi connectivity index (χ1n) is 7.64. The van der Waals surface area contributed by atoms with Crippen molar-refractivity contribution in [2.45, 2.75) is 58.7 Å². The van der Waals surface area contributed by atoms with Crippen LogP contribution in [0.25, 0.3) is 5.57 Å². The topological polar surface area (TPSA) is 44.5 Å². The molecule has 0 saturated carbocycles. The molecule has 1 atom stereocenters. The van der Waals surface area contributed by atoms with Gasteiger partial charge in [0.2, 0.25) is 0 Å². The van der Waals surface area contributed by atoms with Crippen molar-refractivity contribution >= 4 is 5.57 Å². The summed E-state index contributed by atoms with van der Waals surface area (Å²) < 4.78 is 16.9. The van der Waals surface area contributed by atoms with E-state index >= 15 is 0 Å². The third kappa shape index (κ3) is 4.76. The van der Waals surface area contributed by atoms with Gasteiger partial charge in [-0.05, 0) is 38.2 Å². The second-order valence-corrected chi connectivity index (χ2v) is 5.24. The summed E-state index contributed by atoms with van der Waals surface area (Å²) in [5.74, 6) is 1.66. The van der Waals surface area contributed by atoms with Gasteiger partial charge in [-0.3, -0.25) is 0 Å². The molecule has 2 heterocycles. The predicted octanol–water partition coefficient (Wildman–Crippen LogP) is 3.96. The molecule has 0 aromatic carbocycles. The molecule has 4 heteroatoms. The van der Waals surface area contributed by atoms with Crippen LogP contribution in [0.1, 0.15) is 57.6 Å². The molecule has 1 fully saturated rings. The molecule has 1 aliphatic heterocycles. The standard InChI is InChI=1S/C16H25NO3/c1-3-4-7-15-17-12-14(20-15)13(2)9-11-19-16-8-5-6-10-18-16/h9,12,16H,3-8,10-11H2,1-2H3/b13-9-. The molecule has 0 amide bonds. The summed E-state index contributed by atoms with van der Waals surface area (Å²) in [5.41, 5.74) is 1.07. The average molecular weight is 279 g/mol. The summed E-state index contributed by atoms with van der Waals surface area (Å²) >= 11 is 0. The molecule has 20 heavy (non-hydrogen) atoms. The predicted molar refractivity (Wildman–Crippen MR) is 78.3 cm³/mol. The second kappa shape index (κ2) is 8.22. The molecule has 0 bridgehead atoms. The van der Waals surface area contributed by atoms with E-state index in [1.807, 2.05) is 13.0 Å². The lowest BCUT2D eigenvalue weighted by molar-refractivity contribution is -0.155. The summed E-state index contributed by atoms with van der Waals surface area (Å²) in [4.78, 5) is 4.30. The maximum Gasteiger partial charge on any atom is 0.194 e. The lowest BCUT2D eigenvalue weighted by Crippen LogP contribution is -2.22. The molecule has 1 aromatic rings. The third-order valence-electron chi connectivity index (χ3n) is 3.50. The summed E-state index contributed by atoms with van der Waals surface area (Å²) in [7, 11) is 0. The van der Waals surface area contributed by atoms with Crippen molar-refractivity contribution in [2.75, 3.05) is 13.2 Å². The van der Waals surface area contributed by atoms with Gasteiger partial charge in [-0.15, -0.1) is 0 Å². The van der Waals surface area contributed by atoms with Crippen molar-refractivity contribution in [3.63, 3.8) is 0 Å². The van der Waals surface area contributed by atoms with Gasteiger partial charge in [0.05, 0.1) is 12.8 Å². The minimum atomic E-state index is -0.0392. The number of rotatable bonds is 7. The van der Waals surface area contributed by atoms with Crippen molar-refractivity contribution < 1.29 is 13.9 Å². The number of hydrogen-bond donors (Lipinski definition) is 0. The van der Waals surface area contributed by atoms with Crippen LogP contribution < -0.4 is 0 Å². The van der Waals surface area contributed by atoms with Crippen LogP contribution >= 0.6 is 0 Å². The molecule has 1 saturated heterocycles. The number of allylic oxidation sites excluding steroid dienone is 1. The molecule has 0 spiro atoms. The van der Waals surface area contributed by atoms with Gasteiger partial charge in [0.15, 0.2) is 12.2 Å². The molecule has 1 unspecified atom stereocenters. The highest BCUT2D eigenvalue weighted by Gasteiger charge is 2.13. The van der Waals surface area contributed by atoms with Crippen molar-refractivity contribution in [3.05, 3.63) is 23.9 Å². The molecule has 1 aliphatic rings. The Morgan fingerprint density at radius 1 is 1.50 bits per heavy atom. The van der Waals surface area contributed by atoms with Gasteiger partial charge in [0.25, 0.3) is 0 Å². The highest BCUT2D eigenvalue weighted by Crippen LogP contribution is 2.17. The van der Waals surface area contributed by atoms with E-state index in [1.165, 1.54) is 6.42 Å². The summed E-state index contributed by atoms with van der Waals surface area (Å²) in [6.45, 7) is 5.56. The normalized spacial score (nSPS) is 20.3. The van der Waals surface area contributed by atoms with E-state index in [1.54, 1.807) is 6.20 Å². The highest BCUT2D eigenvalue weighted by molar-refractivity contribution is 5.58. The SMILES string of the molecule is CCCCc1ncc(/C(C)=C\COC2CCCCO2)o1. The minimum absolute atomic E-state index is 0.0392. The molecular weight excluding hydrogens is 254 g/mol. The van der Waals surface area contributed by atoms with Gasteiger partial charge < -0.3 is 13.9 Å². The first kappa shape index (κ1) is 15.3. The van der Waals surface area contributed by atoms with Gasteiger partial charge in [0, 0.05) is 13.0 Å². The van der Waals surface area contributed by atoms with Crippen molar-refractivity contribution in [1.82, 2.24) is 4.98 Å². The summed E-state index contributed by atoms with van der Waals surface area (Å²) in [6, 6.07) is 0. The smallest absolute Gasteiger partial charge is 0.194 e. The Balaban J connectivity index is 1.78. The zero-order chi connectivity index (χ0) is 14.2. The monoisotopic (exact) mass is 279 g/mol. The molecule has 112 valence electrons. The number of oxazole rings is 1.